The second kappa shape index (κ2) is 6.71. The van der Waals surface area contributed by atoms with Crippen molar-refractivity contribution in [2.75, 3.05) is 44.9 Å². The van der Waals surface area contributed by atoms with E-state index in [0.717, 1.165) is 18.7 Å². The Kier molecular flexibility index (Phi) is 4.69. The first kappa shape index (κ1) is 15.4. The number of rotatable bonds is 3. The smallest absolute Gasteiger partial charge is 0.242 e. The Labute approximate surface area is 135 Å². The van der Waals surface area contributed by atoms with Crippen LogP contribution in [0.25, 0.3) is 0 Å². The van der Waals surface area contributed by atoms with E-state index in [2.05, 4.69) is 24.1 Å². The van der Waals surface area contributed by atoms with Crippen LogP contribution < -0.4 is 0 Å². The van der Waals surface area contributed by atoms with E-state index in [1.54, 1.807) is 16.7 Å². The van der Waals surface area contributed by atoms with E-state index in [4.69, 9.17) is 0 Å². The van der Waals surface area contributed by atoms with Gasteiger partial charge in [-0.3, -0.25) is 9.59 Å². The Balaban J connectivity index is 1.74. The number of likely N-dealkylation sites (N-methyl/N-ethyl adjacent to an activating group) is 1. The average molecular weight is 319 g/mol. The minimum Gasteiger partial charge on any atom is -0.332 e. The van der Waals surface area contributed by atoms with Gasteiger partial charge in [0, 0.05) is 19.6 Å². The highest BCUT2D eigenvalue weighted by Crippen LogP contribution is 2.25. The molecular weight excluding hydrogens is 298 g/mol. The molecule has 22 heavy (non-hydrogen) atoms. The summed E-state index contributed by atoms with van der Waals surface area (Å²) in [5.41, 5.74) is 1.16. The fourth-order valence-corrected chi connectivity index (χ4v) is 3.88. The monoisotopic (exact) mass is 319 g/mol. The fraction of sp³-hybridized carbons (Fsp3) is 0.500. The standard InChI is InChI=1S/C16H21N3O2S/c1-17-7-8-19(14(9-17)13-5-3-2-4-6-13)15(20)10-18-12-22-11-16(18)21/h2-6,14H,7-12H2,1H3. The number of carbonyl (C=O) groups is 2. The van der Waals surface area contributed by atoms with Gasteiger partial charge in [-0.15, -0.1) is 11.8 Å². The first-order valence-corrected chi connectivity index (χ1v) is 8.69. The van der Waals surface area contributed by atoms with Gasteiger partial charge in [-0.1, -0.05) is 30.3 Å². The number of amides is 2. The van der Waals surface area contributed by atoms with Crippen molar-refractivity contribution in [1.29, 1.82) is 0 Å². The molecule has 1 aromatic rings. The van der Waals surface area contributed by atoms with Crippen LogP contribution in [0, 0.1) is 0 Å². The van der Waals surface area contributed by atoms with Gasteiger partial charge in [-0.05, 0) is 12.6 Å². The maximum Gasteiger partial charge on any atom is 0.242 e. The largest absolute Gasteiger partial charge is 0.332 e. The Bertz CT molecular complexity index is 552. The zero-order chi connectivity index (χ0) is 15.5. The maximum atomic E-state index is 12.7. The van der Waals surface area contributed by atoms with Gasteiger partial charge in [0.2, 0.25) is 11.8 Å². The second-order valence-electron chi connectivity index (χ2n) is 5.85. The topological polar surface area (TPSA) is 43.9 Å². The summed E-state index contributed by atoms with van der Waals surface area (Å²) in [5.74, 6) is 1.26. The highest BCUT2D eigenvalue weighted by atomic mass is 32.2. The van der Waals surface area contributed by atoms with E-state index in [9.17, 15) is 9.59 Å². The predicted octanol–water partition coefficient (Wildman–Crippen LogP) is 1.03. The SMILES string of the molecule is CN1CCN(C(=O)CN2CSCC2=O)C(c2ccccc2)C1. The Morgan fingerprint density at radius 2 is 2.05 bits per heavy atom. The molecule has 6 heteroatoms. The van der Waals surface area contributed by atoms with Crippen LogP contribution in [0.4, 0.5) is 0 Å². The summed E-state index contributed by atoms with van der Waals surface area (Å²) >= 11 is 1.57. The number of thioether (sulfide) groups is 1. The molecule has 0 spiro atoms. The van der Waals surface area contributed by atoms with Crippen molar-refractivity contribution in [3.63, 3.8) is 0 Å². The first-order chi connectivity index (χ1) is 10.6. The molecule has 2 saturated heterocycles. The molecule has 1 unspecified atom stereocenters. The molecular formula is C16H21N3O2S. The van der Waals surface area contributed by atoms with Crippen LogP contribution in [0.15, 0.2) is 30.3 Å². The molecule has 1 atom stereocenters. The van der Waals surface area contributed by atoms with Gasteiger partial charge in [0.05, 0.1) is 17.7 Å². The number of benzene rings is 1. The third-order valence-electron chi connectivity index (χ3n) is 4.24. The van der Waals surface area contributed by atoms with E-state index in [1.165, 1.54) is 0 Å². The molecule has 0 aliphatic carbocycles. The maximum absolute atomic E-state index is 12.7. The number of piperazine rings is 1. The lowest BCUT2D eigenvalue weighted by Gasteiger charge is -2.40. The molecule has 0 radical (unpaired) electrons. The van der Waals surface area contributed by atoms with Crippen molar-refractivity contribution in [1.82, 2.24) is 14.7 Å². The van der Waals surface area contributed by atoms with Gasteiger partial charge in [0.15, 0.2) is 0 Å². The number of nitrogens with zero attached hydrogens (tertiary/aromatic N) is 3. The van der Waals surface area contributed by atoms with Crippen LogP contribution in [0.2, 0.25) is 0 Å². The predicted molar refractivity (Wildman–Crippen MR) is 87.4 cm³/mol. The Morgan fingerprint density at radius 3 is 2.73 bits per heavy atom. The third kappa shape index (κ3) is 3.28. The summed E-state index contributed by atoms with van der Waals surface area (Å²) in [4.78, 5) is 30.3. The minimum absolute atomic E-state index is 0.0535. The fourth-order valence-electron chi connectivity index (χ4n) is 2.97. The van der Waals surface area contributed by atoms with Crippen LogP contribution in [-0.2, 0) is 9.59 Å². The average Bonchev–Trinajstić information content (AvgIpc) is 2.93. The van der Waals surface area contributed by atoms with Crippen molar-refractivity contribution in [3.05, 3.63) is 35.9 Å². The molecule has 5 nitrogen and oxygen atoms in total. The molecule has 1 aromatic carbocycles. The summed E-state index contributed by atoms with van der Waals surface area (Å²) in [7, 11) is 2.08. The first-order valence-electron chi connectivity index (χ1n) is 7.53. The molecule has 0 bridgehead atoms. The lowest BCUT2D eigenvalue weighted by atomic mass is 10.0. The second-order valence-corrected chi connectivity index (χ2v) is 6.80. The van der Waals surface area contributed by atoms with Gasteiger partial charge < -0.3 is 14.7 Å². The van der Waals surface area contributed by atoms with Crippen molar-refractivity contribution in [3.8, 4) is 0 Å². The van der Waals surface area contributed by atoms with E-state index < -0.39 is 0 Å². The van der Waals surface area contributed by atoms with Crippen molar-refractivity contribution >= 4 is 23.6 Å². The summed E-state index contributed by atoms with van der Waals surface area (Å²) in [6, 6.07) is 10.2. The van der Waals surface area contributed by atoms with Crippen molar-refractivity contribution in [2.24, 2.45) is 0 Å². The number of hydrogen-bond donors (Lipinski definition) is 0. The van der Waals surface area contributed by atoms with E-state index in [0.29, 0.717) is 18.2 Å². The normalized spacial score (nSPS) is 23.1. The van der Waals surface area contributed by atoms with E-state index in [1.807, 2.05) is 23.1 Å². The number of hydrogen-bond acceptors (Lipinski definition) is 4. The molecule has 0 N–H and O–H groups in total. The molecule has 2 heterocycles. The summed E-state index contributed by atoms with van der Waals surface area (Å²) < 4.78 is 0. The summed E-state index contributed by atoms with van der Waals surface area (Å²) in [6.07, 6.45) is 0. The van der Waals surface area contributed by atoms with Crippen LogP contribution in [-0.4, -0.2) is 71.4 Å². The highest BCUT2D eigenvalue weighted by molar-refractivity contribution is 8.00. The zero-order valence-corrected chi connectivity index (χ0v) is 13.6. The molecule has 2 aliphatic rings. The minimum atomic E-state index is 0.0535. The molecule has 2 aliphatic heterocycles. The number of carbonyl (C=O) groups excluding carboxylic acids is 2. The van der Waals surface area contributed by atoms with Gasteiger partial charge in [-0.25, -0.2) is 0 Å². The Hall–Kier alpha value is -1.53. The van der Waals surface area contributed by atoms with Crippen LogP contribution in [0.3, 0.4) is 0 Å². The van der Waals surface area contributed by atoms with Crippen molar-refractivity contribution < 1.29 is 9.59 Å². The lowest BCUT2D eigenvalue weighted by molar-refractivity contribution is -0.141. The highest BCUT2D eigenvalue weighted by Gasteiger charge is 2.32. The lowest BCUT2D eigenvalue weighted by Crippen LogP contribution is -2.52. The molecule has 2 amide bonds. The molecule has 0 aromatic heterocycles. The summed E-state index contributed by atoms with van der Waals surface area (Å²) in [5, 5.41) is 0. The van der Waals surface area contributed by atoms with Crippen LogP contribution >= 0.6 is 11.8 Å². The molecule has 3 rings (SSSR count). The molecule has 0 saturated carbocycles. The summed E-state index contributed by atoms with van der Waals surface area (Å²) in [6.45, 7) is 2.62. The molecule has 118 valence electrons. The van der Waals surface area contributed by atoms with Gasteiger partial charge >= 0.3 is 0 Å². The van der Waals surface area contributed by atoms with Crippen molar-refractivity contribution in [2.45, 2.75) is 6.04 Å². The third-order valence-corrected chi connectivity index (χ3v) is 5.18. The van der Waals surface area contributed by atoms with Crippen LogP contribution in [0.1, 0.15) is 11.6 Å². The quantitative estimate of drug-likeness (QED) is 0.835. The zero-order valence-electron chi connectivity index (χ0n) is 12.8. The van der Waals surface area contributed by atoms with E-state index >= 15 is 0 Å². The van der Waals surface area contributed by atoms with Gasteiger partial charge in [0.25, 0.3) is 0 Å². The van der Waals surface area contributed by atoms with Crippen LogP contribution in [0.5, 0.6) is 0 Å². The Morgan fingerprint density at radius 1 is 1.27 bits per heavy atom. The molecule has 2 fully saturated rings. The van der Waals surface area contributed by atoms with E-state index in [-0.39, 0.29) is 24.4 Å². The van der Waals surface area contributed by atoms with Gasteiger partial charge in [-0.2, -0.15) is 0 Å². The van der Waals surface area contributed by atoms with Gasteiger partial charge in [0.1, 0.15) is 6.54 Å².